The summed E-state index contributed by atoms with van der Waals surface area (Å²) in [6, 6.07) is 7.44. The van der Waals surface area contributed by atoms with Crippen LogP contribution < -0.4 is 20.4 Å². The van der Waals surface area contributed by atoms with E-state index in [1.807, 2.05) is 0 Å². The Bertz CT molecular complexity index is 629. The highest BCUT2D eigenvalue weighted by atomic mass is 19.1. The normalized spacial score (nSPS) is 10.3. The first-order valence-electron chi connectivity index (χ1n) is 6.64. The molecule has 9 heteroatoms. The van der Waals surface area contributed by atoms with Gasteiger partial charge in [0.25, 0.3) is 0 Å². The van der Waals surface area contributed by atoms with Crippen LogP contribution in [-0.4, -0.2) is 38.5 Å². The first kappa shape index (κ1) is 17.3. The van der Waals surface area contributed by atoms with Crippen molar-refractivity contribution in [3.05, 3.63) is 48.0 Å². The van der Waals surface area contributed by atoms with E-state index in [-0.39, 0.29) is 22.4 Å². The molecule has 23 heavy (non-hydrogen) atoms. The molecule has 0 heterocycles. The number of hydrogen-bond acceptors (Lipinski definition) is 5. The van der Waals surface area contributed by atoms with Gasteiger partial charge in [0.15, 0.2) is 23.1 Å². The molecular weight excluding hydrogens is 308 g/mol. The Hall–Kier alpha value is -2.09. The van der Waals surface area contributed by atoms with Crippen LogP contribution in [0.15, 0.2) is 36.4 Å². The van der Waals surface area contributed by atoms with Crippen molar-refractivity contribution in [2.75, 3.05) is 14.2 Å². The predicted octanol–water partition coefficient (Wildman–Crippen LogP) is 0.0738. The zero-order chi connectivity index (χ0) is 17.0. The molecule has 2 aromatic rings. The lowest BCUT2D eigenvalue weighted by Gasteiger charge is -2.13. The topological polar surface area (TPSA) is 68.2 Å². The van der Waals surface area contributed by atoms with Gasteiger partial charge in [-0.3, -0.25) is 0 Å². The quantitative estimate of drug-likeness (QED) is 0.737. The Morgan fingerprint density at radius 3 is 1.48 bits per heavy atom. The molecular formula is C14H14B2F2O5. The van der Waals surface area contributed by atoms with E-state index in [4.69, 9.17) is 14.0 Å². The summed E-state index contributed by atoms with van der Waals surface area (Å²) in [5.41, 5.74) is 0.160. The fourth-order valence-corrected chi connectivity index (χ4v) is 1.95. The van der Waals surface area contributed by atoms with Gasteiger partial charge in [-0.25, -0.2) is 8.78 Å². The van der Waals surface area contributed by atoms with Gasteiger partial charge in [-0.1, -0.05) is 12.1 Å². The van der Waals surface area contributed by atoms with E-state index in [9.17, 15) is 18.8 Å². The largest absolute Gasteiger partial charge is 0.494 e. The molecule has 0 atom stereocenters. The van der Waals surface area contributed by atoms with Crippen LogP contribution in [0.1, 0.15) is 0 Å². The van der Waals surface area contributed by atoms with E-state index in [1.54, 1.807) is 0 Å². The fourth-order valence-electron chi connectivity index (χ4n) is 1.95. The first-order valence-corrected chi connectivity index (χ1v) is 6.64. The van der Waals surface area contributed by atoms with Crippen molar-refractivity contribution in [2.45, 2.75) is 0 Å². The zero-order valence-electron chi connectivity index (χ0n) is 12.5. The molecule has 2 rings (SSSR count). The molecule has 0 aliphatic carbocycles. The van der Waals surface area contributed by atoms with Crippen molar-refractivity contribution >= 4 is 25.2 Å². The van der Waals surface area contributed by atoms with Crippen molar-refractivity contribution in [3.8, 4) is 11.5 Å². The van der Waals surface area contributed by atoms with Crippen LogP contribution in [0.25, 0.3) is 0 Å². The number of methoxy groups -OCH3 is 2. The number of rotatable bonds is 6. The van der Waals surface area contributed by atoms with E-state index in [2.05, 4.69) is 0 Å². The molecule has 0 radical (unpaired) electrons. The summed E-state index contributed by atoms with van der Waals surface area (Å²) in [5, 5.41) is 19.8. The second kappa shape index (κ2) is 7.45. The van der Waals surface area contributed by atoms with Crippen LogP contribution in [0.2, 0.25) is 0 Å². The van der Waals surface area contributed by atoms with E-state index >= 15 is 0 Å². The van der Waals surface area contributed by atoms with Gasteiger partial charge in [-0.2, -0.15) is 0 Å². The maximum atomic E-state index is 13.6. The van der Waals surface area contributed by atoms with Crippen LogP contribution in [0, 0.1) is 11.6 Å². The van der Waals surface area contributed by atoms with E-state index in [0.717, 1.165) is 12.1 Å². The van der Waals surface area contributed by atoms with Gasteiger partial charge in [0.1, 0.15) is 0 Å². The van der Waals surface area contributed by atoms with Crippen molar-refractivity contribution in [3.63, 3.8) is 0 Å². The third-order valence-electron chi connectivity index (χ3n) is 3.18. The van der Waals surface area contributed by atoms with Gasteiger partial charge in [0, 0.05) is 0 Å². The summed E-state index contributed by atoms with van der Waals surface area (Å²) < 4.78 is 41.7. The van der Waals surface area contributed by atoms with Crippen LogP contribution in [0.5, 0.6) is 11.5 Å². The van der Waals surface area contributed by atoms with Crippen LogP contribution >= 0.6 is 0 Å². The highest BCUT2D eigenvalue weighted by Crippen LogP contribution is 2.15. The van der Waals surface area contributed by atoms with Crippen molar-refractivity contribution in [2.24, 2.45) is 0 Å². The van der Waals surface area contributed by atoms with Crippen molar-refractivity contribution in [1.82, 2.24) is 0 Å². The minimum absolute atomic E-state index is 0.0127. The molecule has 5 nitrogen and oxygen atoms in total. The Kier molecular flexibility index (Phi) is 5.59. The molecule has 0 saturated heterocycles. The summed E-state index contributed by atoms with van der Waals surface area (Å²) in [6.45, 7) is 0. The maximum Gasteiger partial charge on any atom is 0.477 e. The van der Waals surface area contributed by atoms with Crippen LogP contribution in [0.4, 0.5) is 8.78 Å². The van der Waals surface area contributed by atoms with Gasteiger partial charge in [0.05, 0.1) is 14.2 Å². The lowest BCUT2D eigenvalue weighted by Crippen LogP contribution is -2.45. The lowest BCUT2D eigenvalue weighted by molar-refractivity contribution is 0.375. The fraction of sp³-hybridized carbons (Fsp3) is 0.143. The van der Waals surface area contributed by atoms with E-state index in [1.165, 1.54) is 38.5 Å². The van der Waals surface area contributed by atoms with Gasteiger partial charge in [-0.05, 0) is 35.2 Å². The second-order valence-electron chi connectivity index (χ2n) is 4.63. The van der Waals surface area contributed by atoms with E-state index in [0.29, 0.717) is 0 Å². The molecule has 0 saturated carbocycles. The minimum Gasteiger partial charge on any atom is -0.494 e. The Morgan fingerprint density at radius 1 is 0.783 bits per heavy atom. The molecule has 0 bridgehead atoms. The van der Waals surface area contributed by atoms with E-state index < -0.39 is 25.9 Å². The highest BCUT2D eigenvalue weighted by molar-refractivity contribution is 6.73. The summed E-state index contributed by atoms with van der Waals surface area (Å²) in [6.07, 6.45) is 0. The smallest absolute Gasteiger partial charge is 0.477 e. The van der Waals surface area contributed by atoms with Gasteiger partial charge in [0.2, 0.25) is 0 Å². The molecule has 0 aliphatic heterocycles. The second-order valence-corrected chi connectivity index (χ2v) is 4.63. The Morgan fingerprint density at radius 2 is 1.17 bits per heavy atom. The van der Waals surface area contributed by atoms with Gasteiger partial charge < -0.3 is 24.1 Å². The maximum absolute atomic E-state index is 13.6. The molecule has 120 valence electrons. The summed E-state index contributed by atoms with van der Waals surface area (Å²) >= 11 is 0. The average molecular weight is 322 g/mol. The third kappa shape index (κ3) is 4.01. The first-order chi connectivity index (χ1) is 11.0. The average Bonchev–Trinajstić information content (AvgIpc) is 2.54. The SMILES string of the molecule is COc1ccc(B(O)OB(O)c2ccc(OC)c(F)c2)cc1F. The van der Waals surface area contributed by atoms with Crippen LogP contribution in [0.3, 0.4) is 0 Å². The lowest BCUT2D eigenvalue weighted by atomic mass is 9.71. The molecule has 2 N–H and O–H groups in total. The predicted molar refractivity (Wildman–Crippen MR) is 82.2 cm³/mol. The van der Waals surface area contributed by atoms with Crippen molar-refractivity contribution < 1.29 is 32.9 Å². The van der Waals surface area contributed by atoms with Crippen molar-refractivity contribution in [1.29, 1.82) is 0 Å². The molecule has 0 unspecified atom stereocenters. The Balaban J connectivity index is 2.11. The molecule has 0 aliphatic rings. The molecule has 2 aromatic carbocycles. The molecule has 0 fully saturated rings. The Labute approximate surface area is 132 Å². The minimum atomic E-state index is -1.60. The van der Waals surface area contributed by atoms with Gasteiger partial charge >= 0.3 is 14.2 Å². The standard InChI is InChI=1S/C14H14B2F2O5/c1-21-13-5-3-9(7-11(13)17)15(19)23-16(20)10-4-6-14(22-2)12(18)8-10/h3-8,19-20H,1-2H3. The van der Waals surface area contributed by atoms with Crippen LogP contribution in [-0.2, 0) is 4.57 Å². The third-order valence-corrected chi connectivity index (χ3v) is 3.18. The number of ether oxygens (including phenoxy) is 2. The zero-order valence-corrected chi connectivity index (χ0v) is 12.5. The molecule has 0 amide bonds. The molecule has 0 spiro atoms. The number of hydrogen-bond donors (Lipinski definition) is 2. The summed E-state index contributed by atoms with van der Waals surface area (Å²) in [5.74, 6) is -1.34. The monoisotopic (exact) mass is 322 g/mol. The van der Waals surface area contributed by atoms with Gasteiger partial charge in [-0.15, -0.1) is 0 Å². The summed E-state index contributed by atoms with van der Waals surface area (Å²) in [7, 11) is -0.578. The molecule has 0 aromatic heterocycles. The summed E-state index contributed by atoms with van der Waals surface area (Å²) in [4.78, 5) is 0. The highest BCUT2D eigenvalue weighted by Gasteiger charge is 2.27. The number of halogens is 2. The number of benzene rings is 2.